The van der Waals surface area contributed by atoms with Crippen molar-refractivity contribution in [3.8, 4) is 0 Å². The maximum Gasteiger partial charge on any atom is 0.305 e. The van der Waals surface area contributed by atoms with Crippen LogP contribution in [0.4, 0.5) is 10.1 Å². The summed E-state index contributed by atoms with van der Waals surface area (Å²) in [5.74, 6) is -0.739. The van der Waals surface area contributed by atoms with Gasteiger partial charge in [-0.1, -0.05) is 0 Å². The van der Waals surface area contributed by atoms with E-state index in [-0.39, 0.29) is 29.7 Å². The fourth-order valence-corrected chi connectivity index (χ4v) is 2.24. The van der Waals surface area contributed by atoms with Gasteiger partial charge in [0.05, 0.1) is 18.0 Å². The quantitative estimate of drug-likeness (QED) is 0.332. The average molecular weight is 314 g/mol. The zero-order chi connectivity index (χ0) is 15.7. The van der Waals surface area contributed by atoms with Crippen LogP contribution in [0.1, 0.15) is 19.8 Å². The molecule has 5 nitrogen and oxygen atoms in total. The van der Waals surface area contributed by atoms with E-state index in [1.54, 1.807) is 13.0 Å². The van der Waals surface area contributed by atoms with Crippen LogP contribution in [0, 0.1) is 5.82 Å². The Balaban J connectivity index is 2.19. The molecule has 21 heavy (non-hydrogen) atoms. The summed E-state index contributed by atoms with van der Waals surface area (Å²) < 4.78 is 18.0. The number of anilines is 1. The molecular weight excluding hydrogens is 295 g/mol. The van der Waals surface area contributed by atoms with Crippen molar-refractivity contribution in [3.05, 3.63) is 24.0 Å². The lowest BCUT2D eigenvalue weighted by Gasteiger charge is -2.06. The SMILES string of the molecule is CCOC(=O)CCCNC(=O)CSc1ccc(N)c(F)c1. The molecule has 0 fully saturated rings. The second-order valence-corrected chi connectivity index (χ2v) is 5.28. The number of amides is 1. The van der Waals surface area contributed by atoms with Gasteiger partial charge in [0, 0.05) is 17.9 Å². The highest BCUT2D eigenvalue weighted by atomic mass is 32.2. The van der Waals surface area contributed by atoms with Crippen molar-refractivity contribution in [1.82, 2.24) is 5.32 Å². The lowest BCUT2D eigenvalue weighted by molar-refractivity contribution is -0.143. The van der Waals surface area contributed by atoms with Crippen molar-refractivity contribution in [2.45, 2.75) is 24.7 Å². The third-order valence-electron chi connectivity index (χ3n) is 2.53. The van der Waals surface area contributed by atoms with E-state index >= 15 is 0 Å². The lowest BCUT2D eigenvalue weighted by Crippen LogP contribution is -2.26. The van der Waals surface area contributed by atoms with E-state index in [1.165, 1.54) is 23.9 Å². The predicted octanol–water partition coefficient (Wildman–Crippen LogP) is 1.96. The van der Waals surface area contributed by atoms with Gasteiger partial charge in [0.1, 0.15) is 5.82 Å². The van der Waals surface area contributed by atoms with Gasteiger partial charge in [-0.3, -0.25) is 9.59 Å². The summed E-state index contributed by atoms with van der Waals surface area (Å²) in [5.41, 5.74) is 5.46. The molecule has 0 aliphatic heterocycles. The van der Waals surface area contributed by atoms with Gasteiger partial charge in [-0.05, 0) is 31.5 Å². The van der Waals surface area contributed by atoms with Gasteiger partial charge in [-0.15, -0.1) is 11.8 Å². The van der Waals surface area contributed by atoms with Crippen molar-refractivity contribution < 1.29 is 18.7 Å². The number of nitrogen functional groups attached to an aromatic ring is 1. The summed E-state index contributed by atoms with van der Waals surface area (Å²) in [6.07, 6.45) is 0.816. The van der Waals surface area contributed by atoms with Crippen LogP contribution in [0.3, 0.4) is 0 Å². The second kappa shape index (κ2) is 9.23. The van der Waals surface area contributed by atoms with Gasteiger partial charge < -0.3 is 15.8 Å². The van der Waals surface area contributed by atoms with Gasteiger partial charge in [0.2, 0.25) is 5.91 Å². The number of halogens is 1. The standard InChI is InChI=1S/C14H19FN2O3S/c1-2-20-14(19)4-3-7-17-13(18)9-21-10-5-6-12(16)11(15)8-10/h5-6,8H,2-4,7,9,16H2,1H3,(H,17,18). The van der Waals surface area contributed by atoms with Crippen molar-refractivity contribution in [1.29, 1.82) is 0 Å². The number of carbonyl (C=O) groups is 2. The minimum atomic E-state index is -0.491. The zero-order valence-electron chi connectivity index (χ0n) is 11.9. The summed E-state index contributed by atoms with van der Waals surface area (Å²) in [5, 5.41) is 2.69. The molecule has 0 unspecified atom stereocenters. The Labute approximate surface area is 127 Å². The van der Waals surface area contributed by atoms with Crippen LogP contribution in [-0.4, -0.2) is 30.8 Å². The minimum absolute atomic E-state index is 0.0859. The largest absolute Gasteiger partial charge is 0.466 e. The fourth-order valence-electron chi connectivity index (χ4n) is 1.49. The summed E-state index contributed by atoms with van der Waals surface area (Å²) >= 11 is 1.22. The van der Waals surface area contributed by atoms with E-state index in [1.807, 2.05) is 0 Å². The normalized spacial score (nSPS) is 10.2. The number of nitrogens with one attached hydrogen (secondary N) is 1. The molecule has 0 aromatic heterocycles. The van der Waals surface area contributed by atoms with Crippen LogP contribution in [0.5, 0.6) is 0 Å². The van der Waals surface area contributed by atoms with Gasteiger partial charge in [0.15, 0.2) is 0 Å². The summed E-state index contributed by atoms with van der Waals surface area (Å²) in [6.45, 7) is 2.52. The molecule has 0 saturated carbocycles. The van der Waals surface area contributed by atoms with Crippen molar-refractivity contribution in [2.24, 2.45) is 0 Å². The third kappa shape index (κ3) is 6.99. The Kier molecular flexibility index (Phi) is 7.60. The monoisotopic (exact) mass is 314 g/mol. The van der Waals surface area contributed by atoms with Crippen LogP contribution in [0.2, 0.25) is 0 Å². The Hall–Kier alpha value is -1.76. The number of esters is 1. The predicted molar refractivity (Wildman–Crippen MR) is 80.4 cm³/mol. The fraction of sp³-hybridized carbons (Fsp3) is 0.429. The molecule has 0 atom stereocenters. The summed E-state index contributed by atoms with van der Waals surface area (Å²) in [7, 11) is 0. The minimum Gasteiger partial charge on any atom is -0.466 e. The van der Waals surface area contributed by atoms with Gasteiger partial charge in [0.25, 0.3) is 0 Å². The molecule has 1 amide bonds. The molecule has 0 spiro atoms. The van der Waals surface area contributed by atoms with E-state index < -0.39 is 5.82 Å². The first-order valence-electron chi connectivity index (χ1n) is 6.63. The van der Waals surface area contributed by atoms with Crippen LogP contribution in [0.15, 0.2) is 23.1 Å². The maximum atomic E-state index is 13.2. The van der Waals surface area contributed by atoms with E-state index in [2.05, 4.69) is 5.32 Å². The molecule has 1 rings (SSSR count). The number of rotatable bonds is 8. The molecule has 1 aromatic carbocycles. The van der Waals surface area contributed by atoms with Gasteiger partial charge >= 0.3 is 5.97 Å². The van der Waals surface area contributed by atoms with E-state index in [0.29, 0.717) is 24.5 Å². The summed E-state index contributed by atoms with van der Waals surface area (Å²) in [6, 6.07) is 4.43. The maximum absolute atomic E-state index is 13.2. The van der Waals surface area contributed by atoms with Crippen LogP contribution in [-0.2, 0) is 14.3 Å². The third-order valence-corrected chi connectivity index (χ3v) is 3.52. The molecule has 7 heteroatoms. The molecule has 0 bridgehead atoms. The number of thioether (sulfide) groups is 1. The van der Waals surface area contributed by atoms with Crippen LogP contribution < -0.4 is 11.1 Å². The number of ether oxygens (including phenoxy) is 1. The highest BCUT2D eigenvalue weighted by Crippen LogP contribution is 2.21. The molecular formula is C14H19FN2O3S. The lowest BCUT2D eigenvalue weighted by atomic mass is 10.3. The average Bonchev–Trinajstić information content (AvgIpc) is 2.45. The molecule has 0 heterocycles. The molecule has 1 aromatic rings. The summed E-state index contributed by atoms with van der Waals surface area (Å²) in [4.78, 5) is 23.3. The Morgan fingerprint density at radius 1 is 1.43 bits per heavy atom. The number of hydrogen-bond donors (Lipinski definition) is 2. The van der Waals surface area contributed by atoms with Crippen molar-refractivity contribution in [3.63, 3.8) is 0 Å². The number of carbonyl (C=O) groups excluding carboxylic acids is 2. The highest BCUT2D eigenvalue weighted by Gasteiger charge is 2.06. The Morgan fingerprint density at radius 2 is 2.19 bits per heavy atom. The van der Waals surface area contributed by atoms with Gasteiger partial charge in [-0.25, -0.2) is 4.39 Å². The Bertz CT molecular complexity index is 497. The zero-order valence-corrected chi connectivity index (χ0v) is 12.7. The first-order valence-corrected chi connectivity index (χ1v) is 7.61. The van der Waals surface area contributed by atoms with Crippen LogP contribution >= 0.6 is 11.8 Å². The van der Waals surface area contributed by atoms with Crippen molar-refractivity contribution in [2.75, 3.05) is 24.6 Å². The molecule has 0 aliphatic rings. The number of nitrogens with two attached hydrogens (primary N) is 1. The molecule has 0 aliphatic carbocycles. The number of hydrogen-bond acceptors (Lipinski definition) is 5. The molecule has 0 radical (unpaired) electrons. The van der Waals surface area contributed by atoms with Gasteiger partial charge in [-0.2, -0.15) is 0 Å². The smallest absolute Gasteiger partial charge is 0.305 e. The Morgan fingerprint density at radius 3 is 2.86 bits per heavy atom. The number of benzene rings is 1. The first kappa shape index (κ1) is 17.3. The highest BCUT2D eigenvalue weighted by molar-refractivity contribution is 8.00. The molecule has 0 saturated heterocycles. The van der Waals surface area contributed by atoms with Crippen molar-refractivity contribution >= 4 is 29.3 Å². The topological polar surface area (TPSA) is 81.4 Å². The first-order chi connectivity index (χ1) is 10.0. The second-order valence-electron chi connectivity index (χ2n) is 4.23. The van der Waals surface area contributed by atoms with E-state index in [4.69, 9.17) is 10.5 Å². The molecule has 116 valence electrons. The van der Waals surface area contributed by atoms with E-state index in [0.717, 1.165) is 0 Å². The van der Waals surface area contributed by atoms with E-state index in [9.17, 15) is 14.0 Å². The molecule has 3 N–H and O–H groups in total. The van der Waals surface area contributed by atoms with Crippen LogP contribution in [0.25, 0.3) is 0 Å².